The van der Waals surface area contributed by atoms with Crippen LogP contribution in [0.2, 0.25) is 0 Å². The zero-order valence-corrected chi connectivity index (χ0v) is 9.07. The van der Waals surface area contributed by atoms with Crippen LogP contribution in [0.4, 0.5) is 0 Å². The first-order valence-electron chi connectivity index (χ1n) is 5.46. The fourth-order valence-corrected chi connectivity index (χ4v) is 1.83. The van der Waals surface area contributed by atoms with Crippen LogP contribution in [0.15, 0.2) is 24.3 Å². The normalized spacial score (nSPS) is 20.8. The van der Waals surface area contributed by atoms with Crippen LogP contribution in [-0.4, -0.2) is 25.7 Å². The molecule has 0 aromatic heterocycles. The highest BCUT2D eigenvalue weighted by Gasteiger charge is 2.23. The van der Waals surface area contributed by atoms with E-state index < -0.39 is 0 Å². The van der Waals surface area contributed by atoms with Crippen molar-refractivity contribution in [2.45, 2.75) is 18.9 Å². The largest absolute Gasteiger partial charge is 0.493 e. The van der Waals surface area contributed by atoms with Gasteiger partial charge in [-0.2, -0.15) is 0 Å². The topological polar surface area (TPSA) is 47.3 Å². The predicted molar refractivity (Wildman–Crippen MR) is 61.2 cm³/mol. The number of hydrogen-bond donors (Lipinski definition) is 2. The number of nitrogens with one attached hydrogen (secondary N) is 1. The quantitative estimate of drug-likeness (QED) is 0.775. The van der Waals surface area contributed by atoms with E-state index in [4.69, 9.17) is 10.5 Å². The lowest BCUT2D eigenvalue weighted by Gasteiger charge is -2.14. The van der Waals surface area contributed by atoms with Crippen LogP contribution in [0.1, 0.15) is 18.4 Å². The summed E-state index contributed by atoms with van der Waals surface area (Å²) in [6.07, 6.45) is 0. The van der Waals surface area contributed by atoms with Gasteiger partial charge in [-0.1, -0.05) is 18.2 Å². The zero-order valence-electron chi connectivity index (χ0n) is 9.07. The van der Waals surface area contributed by atoms with Gasteiger partial charge < -0.3 is 15.8 Å². The zero-order chi connectivity index (χ0) is 10.7. The van der Waals surface area contributed by atoms with E-state index in [0.717, 1.165) is 18.9 Å². The summed E-state index contributed by atoms with van der Waals surface area (Å²) in [4.78, 5) is 0. The average molecular weight is 206 g/mol. The number of rotatable bonds is 4. The Morgan fingerprint density at radius 3 is 3.13 bits per heavy atom. The highest BCUT2D eigenvalue weighted by Crippen LogP contribution is 2.32. The Bertz CT molecular complexity index is 327. The molecule has 1 aromatic carbocycles. The maximum absolute atomic E-state index is 5.61. The number of benzene rings is 1. The van der Waals surface area contributed by atoms with Gasteiger partial charge in [-0.15, -0.1) is 0 Å². The SMILES string of the molecule is C[C@@H](CN)NCC1COc2ccccc21. The van der Waals surface area contributed by atoms with Crippen LogP contribution in [0.5, 0.6) is 5.75 Å². The second-order valence-electron chi connectivity index (χ2n) is 4.09. The summed E-state index contributed by atoms with van der Waals surface area (Å²) < 4.78 is 5.61. The first-order valence-corrected chi connectivity index (χ1v) is 5.46. The summed E-state index contributed by atoms with van der Waals surface area (Å²) in [6.45, 7) is 4.50. The summed E-state index contributed by atoms with van der Waals surface area (Å²) in [5, 5.41) is 3.41. The van der Waals surface area contributed by atoms with Crippen molar-refractivity contribution in [3.05, 3.63) is 29.8 Å². The van der Waals surface area contributed by atoms with Crippen molar-refractivity contribution in [1.29, 1.82) is 0 Å². The van der Waals surface area contributed by atoms with E-state index >= 15 is 0 Å². The highest BCUT2D eigenvalue weighted by molar-refractivity contribution is 5.39. The standard InChI is InChI=1S/C12H18N2O/c1-9(6-13)14-7-10-8-15-12-5-3-2-4-11(10)12/h2-5,9-10,14H,6-8,13H2,1H3/t9-,10?/m0/s1. The molecule has 3 heteroatoms. The number of fused-ring (bicyclic) bond motifs is 1. The lowest BCUT2D eigenvalue weighted by Crippen LogP contribution is -2.36. The molecule has 0 aliphatic carbocycles. The van der Waals surface area contributed by atoms with Crippen molar-refractivity contribution in [2.24, 2.45) is 5.73 Å². The van der Waals surface area contributed by atoms with Crippen molar-refractivity contribution >= 4 is 0 Å². The Hall–Kier alpha value is -1.06. The molecule has 0 saturated heterocycles. The van der Waals surface area contributed by atoms with E-state index in [1.807, 2.05) is 12.1 Å². The maximum Gasteiger partial charge on any atom is 0.122 e. The van der Waals surface area contributed by atoms with Crippen molar-refractivity contribution in [3.8, 4) is 5.75 Å². The maximum atomic E-state index is 5.61. The molecule has 3 nitrogen and oxygen atoms in total. The third-order valence-corrected chi connectivity index (χ3v) is 2.87. The molecular formula is C12H18N2O. The Labute approximate surface area is 90.6 Å². The molecule has 15 heavy (non-hydrogen) atoms. The molecule has 0 amide bonds. The summed E-state index contributed by atoms with van der Waals surface area (Å²) in [6, 6.07) is 8.62. The first-order chi connectivity index (χ1) is 7.31. The molecule has 0 saturated carbocycles. The number of ether oxygens (including phenoxy) is 1. The van der Waals surface area contributed by atoms with Crippen molar-refractivity contribution in [1.82, 2.24) is 5.32 Å². The minimum Gasteiger partial charge on any atom is -0.493 e. The summed E-state index contributed by atoms with van der Waals surface area (Å²) in [5.41, 5.74) is 6.87. The molecule has 1 aromatic rings. The third kappa shape index (κ3) is 2.30. The van der Waals surface area contributed by atoms with Gasteiger partial charge in [0.15, 0.2) is 0 Å². The van der Waals surface area contributed by atoms with Gasteiger partial charge in [0, 0.05) is 30.6 Å². The number of para-hydroxylation sites is 1. The molecule has 2 atom stereocenters. The monoisotopic (exact) mass is 206 g/mol. The van der Waals surface area contributed by atoms with E-state index in [1.54, 1.807) is 0 Å². The fourth-order valence-electron chi connectivity index (χ4n) is 1.83. The Morgan fingerprint density at radius 2 is 2.33 bits per heavy atom. The van der Waals surface area contributed by atoms with Crippen LogP contribution in [0.25, 0.3) is 0 Å². The average Bonchev–Trinajstić information content (AvgIpc) is 2.69. The van der Waals surface area contributed by atoms with Gasteiger partial charge >= 0.3 is 0 Å². The van der Waals surface area contributed by atoms with Gasteiger partial charge in [0.05, 0.1) is 6.61 Å². The predicted octanol–water partition coefficient (Wildman–Crippen LogP) is 1.10. The Kier molecular flexibility index (Phi) is 3.23. The molecule has 1 unspecified atom stereocenters. The Balaban J connectivity index is 1.96. The van der Waals surface area contributed by atoms with Crippen LogP contribution in [-0.2, 0) is 0 Å². The van der Waals surface area contributed by atoms with E-state index in [1.165, 1.54) is 5.56 Å². The molecule has 0 bridgehead atoms. The van der Waals surface area contributed by atoms with Gasteiger partial charge in [-0.25, -0.2) is 0 Å². The first kappa shape index (κ1) is 10.5. The molecule has 82 valence electrons. The molecule has 2 rings (SSSR count). The van der Waals surface area contributed by atoms with Crippen LogP contribution >= 0.6 is 0 Å². The summed E-state index contributed by atoms with van der Waals surface area (Å²) >= 11 is 0. The fraction of sp³-hybridized carbons (Fsp3) is 0.500. The van der Waals surface area contributed by atoms with Gasteiger partial charge in [0.25, 0.3) is 0 Å². The molecule has 1 aliphatic rings. The van der Waals surface area contributed by atoms with Gasteiger partial charge in [0.2, 0.25) is 0 Å². The smallest absolute Gasteiger partial charge is 0.122 e. The van der Waals surface area contributed by atoms with Crippen LogP contribution in [0, 0.1) is 0 Å². The van der Waals surface area contributed by atoms with E-state index in [0.29, 0.717) is 18.5 Å². The molecule has 0 radical (unpaired) electrons. The number of nitrogens with two attached hydrogens (primary N) is 1. The lowest BCUT2D eigenvalue weighted by molar-refractivity contribution is 0.323. The second kappa shape index (κ2) is 4.64. The van der Waals surface area contributed by atoms with Crippen molar-refractivity contribution in [3.63, 3.8) is 0 Å². The van der Waals surface area contributed by atoms with E-state index in [-0.39, 0.29) is 0 Å². The highest BCUT2D eigenvalue weighted by atomic mass is 16.5. The number of hydrogen-bond acceptors (Lipinski definition) is 3. The molecule has 0 fully saturated rings. The van der Waals surface area contributed by atoms with Crippen LogP contribution < -0.4 is 15.8 Å². The van der Waals surface area contributed by atoms with Gasteiger partial charge in [-0.3, -0.25) is 0 Å². The van der Waals surface area contributed by atoms with Gasteiger partial charge in [0.1, 0.15) is 5.75 Å². The minimum atomic E-state index is 0.373. The second-order valence-corrected chi connectivity index (χ2v) is 4.09. The molecule has 0 spiro atoms. The minimum absolute atomic E-state index is 0.373. The third-order valence-electron chi connectivity index (χ3n) is 2.87. The Morgan fingerprint density at radius 1 is 1.53 bits per heavy atom. The molecule has 1 aliphatic heterocycles. The summed E-state index contributed by atoms with van der Waals surface area (Å²) in [5.74, 6) is 1.50. The van der Waals surface area contributed by atoms with Crippen molar-refractivity contribution in [2.75, 3.05) is 19.7 Å². The summed E-state index contributed by atoms with van der Waals surface area (Å²) in [7, 11) is 0. The lowest BCUT2D eigenvalue weighted by atomic mass is 10.0. The van der Waals surface area contributed by atoms with Crippen LogP contribution in [0.3, 0.4) is 0 Å². The van der Waals surface area contributed by atoms with E-state index in [9.17, 15) is 0 Å². The van der Waals surface area contributed by atoms with E-state index in [2.05, 4.69) is 24.4 Å². The van der Waals surface area contributed by atoms with Gasteiger partial charge in [-0.05, 0) is 13.0 Å². The molecular weight excluding hydrogens is 188 g/mol. The van der Waals surface area contributed by atoms with Crippen molar-refractivity contribution < 1.29 is 4.74 Å². The molecule has 1 heterocycles. The molecule has 3 N–H and O–H groups in total.